The van der Waals surface area contributed by atoms with Crippen LogP contribution in [-0.4, -0.2) is 22.6 Å². The van der Waals surface area contributed by atoms with Crippen molar-refractivity contribution in [1.82, 2.24) is 14.5 Å². The van der Waals surface area contributed by atoms with Crippen molar-refractivity contribution in [3.8, 4) is 61.7 Å². The Morgan fingerprint density at radius 2 is 1.25 bits per heavy atom. The van der Waals surface area contributed by atoms with E-state index in [1.54, 1.807) is 18.3 Å². The van der Waals surface area contributed by atoms with E-state index in [9.17, 15) is 0 Å². The Morgan fingerprint density at radius 1 is 0.606 bits per heavy atom. The molecule has 6 heteroatoms. The van der Waals surface area contributed by atoms with E-state index in [0.29, 0.717) is 16.8 Å². The summed E-state index contributed by atoms with van der Waals surface area (Å²) in [5, 5.41) is 2.94. The van der Waals surface area contributed by atoms with Gasteiger partial charge in [-0.15, -0.1) is 53.6 Å². The standard InChI is InChI=1S/C49H39N2O.C16H20NSi.Ir/c1-31(2)42-28-38(34-17-9-6-10-18-34)29-43(32(3)4)47(42)51-45-24-12-11-23-44(45)50-49(51)41-22-14-21-40-39-26-25-37(30-46(39)52-48(40)41)36-20-13-19-35(27-36)33-15-7-5-8-16-33;1-12-6-8-14(9-7-12)15-10-13(2)16(11-17-15)18(3,4)5;/h5-21,23-32H,1-4H3;6-8,10-11H,1-5H3;/q2*-1;/i;1D3,2D3;. The van der Waals surface area contributed by atoms with Crippen molar-refractivity contribution in [1.29, 1.82) is 0 Å². The summed E-state index contributed by atoms with van der Waals surface area (Å²) in [6.45, 7) is 11.0. The summed E-state index contributed by atoms with van der Waals surface area (Å²) < 4.78 is 54.8. The van der Waals surface area contributed by atoms with E-state index in [1.807, 2.05) is 6.07 Å². The van der Waals surface area contributed by atoms with Gasteiger partial charge < -0.3 is 14.0 Å². The molecule has 0 aliphatic heterocycles. The van der Waals surface area contributed by atoms with Crippen LogP contribution in [0.2, 0.25) is 19.6 Å². The SMILES string of the molecule is CC(C)c1cc(-c2ccccc2)cc(C(C)C)c1-n1c(-c2[c-]ccc3c2oc2cc(-c4cccc(-c5ccccc5)c4)ccc23)nc2ccccc21.[2H]C([2H])([2H])c1c[c-]c(-c2cc(C([2H])([2H])[2H])c([Si](C)(C)C)cn2)cc1.[Ir]. The first-order valence-electron chi connectivity index (χ1n) is 27.0. The number of hydrogen-bond acceptors (Lipinski definition) is 3. The second kappa shape index (κ2) is 20.4. The third-order valence-electron chi connectivity index (χ3n) is 13.1. The zero-order chi connectivity index (χ0) is 53.7. The summed E-state index contributed by atoms with van der Waals surface area (Å²) in [6, 6.07) is 66.4. The van der Waals surface area contributed by atoms with Gasteiger partial charge in [-0.2, -0.15) is 0 Å². The minimum absolute atomic E-state index is 0. The van der Waals surface area contributed by atoms with Crippen LogP contribution in [0.25, 0.3) is 94.7 Å². The Balaban J connectivity index is 0.000000244. The van der Waals surface area contributed by atoms with E-state index >= 15 is 0 Å². The second-order valence-electron chi connectivity index (χ2n) is 19.6. The first-order chi connectivity index (χ1) is 36.2. The van der Waals surface area contributed by atoms with Gasteiger partial charge in [-0.1, -0.05) is 180 Å². The minimum Gasteiger partial charge on any atom is -0.501 e. The molecule has 71 heavy (non-hydrogen) atoms. The van der Waals surface area contributed by atoms with Crippen molar-refractivity contribution < 1.29 is 32.7 Å². The third kappa shape index (κ3) is 9.90. The van der Waals surface area contributed by atoms with Crippen molar-refractivity contribution >= 4 is 46.2 Å². The van der Waals surface area contributed by atoms with E-state index in [0.717, 1.165) is 60.7 Å². The molecule has 0 aliphatic carbocycles. The number of pyridine rings is 1. The summed E-state index contributed by atoms with van der Waals surface area (Å²) in [7, 11) is -1.85. The van der Waals surface area contributed by atoms with Gasteiger partial charge in [-0.05, 0) is 110 Å². The molecule has 0 fully saturated rings. The summed E-state index contributed by atoms with van der Waals surface area (Å²) in [5.74, 6) is 1.38. The molecule has 0 saturated heterocycles. The van der Waals surface area contributed by atoms with Crippen LogP contribution in [0.5, 0.6) is 0 Å². The smallest absolute Gasteiger partial charge is 0.121 e. The van der Waals surface area contributed by atoms with Crippen LogP contribution >= 0.6 is 0 Å². The van der Waals surface area contributed by atoms with Gasteiger partial charge in [-0.3, -0.25) is 4.98 Å². The molecule has 0 unspecified atom stereocenters. The molecule has 11 rings (SSSR count). The molecular formula is C65H59IrN3OSi-2. The van der Waals surface area contributed by atoms with Crippen molar-refractivity contribution in [2.75, 3.05) is 0 Å². The molecule has 4 nitrogen and oxygen atoms in total. The first-order valence-corrected chi connectivity index (χ1v) is 27.5. The first kappa shape index (κ1) is 41.8. The Morgan fingerprint density at radius 3 is 1.90 bits per heavy atom. The Labute approximate surface area is 442 Å². The molecule has 355 valence electrons. The van der Waals surface area contributed by atoms with Crippen LogP contribution in [0.4, 0.5) is 0 Å². The fourth-order valence-corrected chi connectivity index (χ4v) is 10.7. The number of aromatic nitrogens is 3. The number of furan rings is 1. The van der Waals surface area contributed by atoms with Crippen LogP contribution in [0.1, 0.15) is 70.0 Å². The van der Waals surface area contributed by atoms with Gasteiger partial charge in [0.2, 0.25) is 0 Å². The average Bonchev–Trinajstić information content (AvgIpc) is 4.05. The molecular weight excluding hydrogens is 1060 g/mol. The normalized spacial score (nSPS) is 13.2. The summed E-state index contributed by atoms with van der Waals surface area (Å²) in [6.07, 6.45) is 1.65. The fraction of sp³-hybridized carbons (Fsp3) is 0.169. The van der Waals surface area contributed by atoms with Crippen molar-refractivity contribution in [2.45, 2.75) is 72.9 Å². The molecule has 3 aromatic heterocycles. The molecule has 11 aromatic rings. The summed E-state index contributed by atoms with van der Waals surface area (Å²) >= 11 is 0. The number of aryl methyl sites for hydroxylation is 2. The van der Waals surface area contributed by atoms with Gasteiger partial charge in [0.05, 0.1) is 30.5 Å². The number of benzene rings is 8. The van der Waals surface area contributed by atoms with E-state index in [4.69, 9.17) is 17.6 Å². The fourth-order valence-electron chi connectivity index (χ4n) is 9.42. The Hall–Kier alpha value is -6.95. The number of rotatable bonds is 9. The number of para-hydroxylation sites is 2. The van der Waals surface area contributed by atoms with Crippen LogP contribution in [0, 0.1) is 25.8 Å². The minimum atomic E-state index is -2.22. The summed E-state index contributed by atoms with van der Waals surface area (Å²) in [5.41, 5.74) is 17.0. The number of nitrogens with zero attached hydrogens (tertiary/aromatic N) is 3. The van der Waals surface area contributed by atoms with Crippen molar-refractivity contribution in [2.24, 2.45) is 0 Å². The third-order valence-corrected chi connectivity index (χ3v) is 15.1. The molecule has 0 saturated carbocycles. The molecule has 0 bridgehead atoms. The monoisotopic (exact) mass is 1120 g/mol. The van der Waals surface area contributed by atoms with Gasteiger partial charge in [0.1, 0.15) is 5.58 Å². The van der Waals surface area contributed by atoms with Gasteiger partial charge in [0, 0.05) is 45.6 Å². The maximum absolute atomic E-state index is 7.81. The van der Waals surface area contributed by atoms with Crippen LogP contribution in [0.3, 0.4) is 0 Å². The quantitative estimate of drug-likeness (QED) is 0.107. The maximum Gasteiger partial charge on any atom is 0.121 e. The van der Waals surface area contributed by atoms with E-state index in [-0.39, 0.29) is 37.5 Å². The average molecular weight is 1120 g/mol. The second-order valence-corrected chi connectivity index (χ2v) is 24.7. The predicted octanol–water partition coefficient (Wildman–Crippen LogP) is 17.3. The number of fused-ring (bicyclic) bond motifs is 4. The van der Waals surface area contributed by atoms with Gasteiger partial charge in [-0.25, -0.2) is 0 Å². The molecule has 0 amide bonds. The molecule has 8 aromatic carbocycles. The zero-order valence-corrected chi connectivity index (χ0v) is 44.5. The molecule has 0 aliphatic rings. The van der Waals surface area contributed by atoms with Crippen molar-refractivity contribution in [3.63, 3.8) is 0 Å². The Bertz CT molecular complexity index is 3870. The zero-order valence-electron chi connectivity index (χ0n) is 47.1. The molecule has 0 atom stereocenters. The van der Waals surface area contributed by atoms with Gasteiger partial charge in [0.15, 0.2) is 0 Å². The van der Waals surface area contributed by atoms with Crippen LogP contribution in [-0.2, 0) is 20.1 Å². The molecule has 1 radical (unpaired) electrons. The number of imidazole rings is 1. The van der Waals surface area contributed by atoms with E-state index in [2.05, 4.69) is 215 Å². The Kier molecular flexibility index (Phi) is 12.0. The maximum atomic E-state index is 7.81. The topological polar surface area (TPSA) is 43.9 Å². The predicted molar refractivity (Wildman–Crippen MR) is 298 cm³/mol. The molecule has 0 spiro atoms. The van der Waals surface area contributed by atoms with Crippen molar-refractivity contribution in [3.05, 3.63) is 217 Å². The summed E-state index contributed by atoms with van der Waals surface area (Å²) in [4.78, 5) is 9.73. The number of hydrogen-bond donors (Lipinski definition) is 0. The van der Waals surface area contributed by atoms with E-state index < -0.39 is 21.8 Å². The van der Waals surface area contributed by atoms with E-state index in [1.165, 1.54) is 51.2 Å². The van der Waals surface area contributed by atoms with Gasteiger partial charge in [0.25, 0.3) is 0 Å². The van der Waals surface area contributed by atoms with Crippen LogP contribution < -0.4 is 5.19 Å². The molecule has 0 N–H and O–H groups in total. The largest absolute Gasteiger partial charge is 0.501 e. The molecule has 3 heterocycles. The van der Waals surface area contributed by atoms with Gasteiger partial charge >= 0.3 is 0 Å². The van der Waals surface area contributed by atoms with Crippen LogP contribution in [0.15, 0.2) is 187 Å².